The van der Waals surface area contributed by atoms with Crippen molar-refractivity contribution < 1.29 is 26.4 Å². The summed E-state index contributed by atoms with van der Waals surface area (Å²) in [6.45, 7) is -0.626. The molecule has 3 aromatic rings. The molecule has 1 unspecified atom stereocenters. The van der Waals surface area contributed by atoms with Crippen molar-refractivity contribution in [2.75, 3.05) is 32.1 Å². The predicted molar refractivity (Wildman–Crippen MR) is 131 cm³/mol. The second kappa shape index (κ2) is 10.2. The minimum absolute atomic E-state index is 0.0226. The Morgan fingerprint density at radius 3 is 1.94 bits per heavy atom. The van der Waals surface area contributed by atoms with Crippen LogP contribution in [-0.2, 0) is 24.8 Å². The van der Waals surface area contributed by atoms with Gasteiger partial charge in [0.25, 0.3) is 0 Å². The number of nitrogens with zero attached hydrogens (tertiary/aromatic N) is 2. The summed E-state index contributed by atoms with van der Waals surface area (Å²) in [7, 11) is -6.57. The molecule has 1 fully saturated rings. The maximum absolute atomic E-state index is 13.5. The highest BCUT2D eigenvalue weighted by Crippen LogP contribution is 2.28. The smallest absolute Gasteiger partial charge is 0.244 e. The lowest BCUT2D eigenvalue weighted by Gasteiger charge is -2.39. The first-order valence-corrected chi connectivity index (χ1v) is 13.7. The summed E-state index contributed by atoms with van der Waals surface area (Å²) in [6, 6.07) is 21.0. The number of carbonyl (C=O) groups excluding carboxylic acids is 1. The molecule has 1 amide bonds. The lowest BCUT2D eigenvalue weighted by Crippen LogP contribution is -2.60. The molecule has 0 bridgehead atoms. The quantitative estimate of drug-likeness (QED) is 0.517. The van der Waals surface area contributed by atoms with E-state index in [1.165, 1.54) is 31.4 Å². The van der Waals surface area contributed by atoms with Crippen LogP contribution in [-0.4, -0.2) is 64.1 Å². The largest absolute Gasteiger partial charge is 0.495 e. The van der Waals surface area contributed by atoms with Crippen LogP contribution in [0.1, 0.15) is 0 Å². The van der Waals surface area contributed by atoms with E-state index in [0.29, 0.717) is 11.4 Å². The van der Waals surface area contributed by atoms with Gasteiger partial charge in [-0.2, -0.15) is 8.61 Å². The lowest BCUT2D eigenvalue weighted by atomic mass is 10.2. The fourth-order valence-electron chi connectivity index (χ4n) is 3.89. The lowest BCUT2D eigenvalue weighted by molar-refractivity contribution is -0.120. The second-order valence-corrected chi connectivity index (χ2v) is 11.6. The van der Waals surface area contributed by atoms with Crippen LogP contribution in [0.25, 0.3) is 0 Å². The monoisotopic (exact) mass is 515 g/mol. The first-order valence-electron chi connectivity index (χ1n) is 10.8. The molecule has 0 aromatic heterocycles. The Hall–Kier alpha value is -3.25. The van der Waals surface area contributed by atoms with Gasteiger partial charge in [-0.1, -0.05) is 48.5 Å². The Bertz CT molecular complexity index is 1400. The number of anilines is 1. The van der Waals surface area contributed by atoms with E-state index in [0.717, 1.165) is 8.61 Å². The average Bonchev–Trinajstić information content (AvgIpc) is 2.89. The van der Waals surface area contributed by atoms with E-state index in [2.05, 4.69) is 5.32 Å². The number of rotatable bonds is 7. The molecule has 3 aromatic carbocycles. The third-order valence-electron chi connectivity index (χ3n) is 5.69. The standard InChI is InChI=1S/C24H25N3O6S2/c1-33-23-15-9-8-14-21(23)25-24(28)22-18-26(34(29,30)19-10-4-2-5-11-19)16-17-27(22)35(31,32)20-12-6-3-7-13-20/h2-15,22H,16-18H2,1H3,(H,25,28). The van der Waals surface area contributed by atoms with Crippen LogP contribution in [0.2, 0.25) is 0 Å². The van der Waals surface area contributed by atoms with Crippen LogP contribution in [0.15, 0.2) is 94.7 Å². The Morgan fingerprint density at radius 1 is 0.800 bits per heavy atom. The van der Waals surface area contributed by atoms with E-state index in [9.17, 15) is 21.6 Å². The number of sulfonamides is 2. The van der Waals surface area contributed by atoms with Crippen molar-refractivity contribution >= 4 is 31.6 Å². The van der Waals surface area contributed by atoms with Gasteiger partial charge in [0, 0.05) is 19.6 Å². The number of amides is 1. The summed E-state index contributed by atoms with van der Waals surface area (Å²) >= 11 is 0. The summed E-state index contributed by atoms with van der Waals surface area (Å²) in [4.78, 5) is 13.5. The van der Waals surface area contributed by atoms with Crippen molar-refractivity contribution in [3.8, 4) is 5.75 Å². The van der Waals surface area contributed by atoms with Crippen molar-refractivity contribution in [3.05, 3.63) is 84.9 Å². The van der Waals surface area contributed by atoms with Gasteiger partial charge in [-0.3, -0.25) is 4.79 Å². The summed E-state index contributed by atoms with van der Waals surface area (Å²) in [5.74, 6) is -0.273. The molecule has 0 aliphatic carbocycles. The van der Waals surface area contributed by atoms with Crippen LogP contribution in [0.5, 0.6) is 5.75 Å². The number of hydrogen-bond acceptors (Lipinski definition) is 6. The number of methoxy groups -OCH3 is 1. The van der Waals surface area contributed by atoms with Gasteiger partial charge in [-0.05, 0) is 36.4 Å². The number of piperazine rings is 1. The third kappa shape index (κ3) is 5.08. The van der Waals surface area contributed by atoms with E-state index in [4.69, 9.17) is 4.74 Å². The maximum atomic E-state index is 13.5. The predicted octanol–water partition coefficient (Wildman–Crippen LogP) is 2.40. The number of carbonyl (C=O) groups is 1. The van der Waals surface area contributed by atoms with E-state index in [-0.39, 0.29) is 29.4 Å². The van der Waals surface area contributed by atoms with Crippen LogP contribution >= 0.6 is 0 Å². The fourth-order valence-corrected chi connectivity index (χ4v) is 6.94. The highest BCUT2D eigenvalue weighted by atomic mass is 32.2. The molecule has 1 atom stereocenters. The highest BCUT2D eigenvalue weighted by molar-refractivity contribution is 7.89. The van der Waals surface area contributed by atoms with Crippen molar-refractivity contribution in [1.29, 1.82) is 0 Å². The first kappa shape index (κ1) is 24.9. The average molecular weight is 516 g/mol. The van der Waals surface area contributed by atoms with Gasteiger partial charge in [-0.15, -0.1) is 0 Å². The van der Waals surface area contributed by atoms with Gasteiger partial charge in [0.2, 0.25) is 26.0 Å². The molecule has 184 valence electrons. The first-order chi connectivity index (χ1) is 16.7. The van der Waals surface area contributed by atoms with Gasteiger partial charge in [-0.25, -0.2) is 16.8 Å². The molecule has 0 spiro atoms. The van der Waals surface area contributed by atoms with Crippen molar-refractivity contribution in [3.63, 3.8) is 0 Å². The van der Waals surface area contributed by atoms with Crippen molar-refractivity contribution in [2.24, 2.45) is 0 Å². The molecule has 0 radical (unpaired) electrons. The van der Waals surface area contributed by atoms with Crippen LogP contribution in [0.4, 0.5) is 5.69 Å². The molecule has 1 aliphatic rings. The molecule has 0 saturated carbocycles. The zero-order chi connectivity index (χ0) is 25.1. The number of hydrogen-bond donors (Lipinski definition) is 1. The normalized spacial score (nSPS) is 17.6. The number of ether oxygens (including phenoxy) is 1. The summed E-state index contributed by atoms with van der Waals surface area (Å²) in [6.07, 6.45) is 0. The number of benzene rings is 3. The zero-order valence-electron chi connectivity index (χ0n) is 18.9. The maximum Gasteiger partial charge on any atom is 0.244 e. The zero-order valence-corrected chi connectivity index (χ0v) is 20.6. The highest BCUT2D eigenvalue weighted by Gasteiger charge is 2.43. The number of para-hydroxylation sites is 2. The van der Waals surface area contributed by atoms with Gasteiger partial charge in [0.15, 0.2) is 0 Å². The van der Waals surface area contributed by atoms with E-state index < -0.39 is 32.0 Å². The van der Waals surface area contributed by atoms with Crippen molar-refractivity contribution in [1.82, 2.24) is 8.61 Å². The Balaban J connectivity index is 1.70. The number of nitrogens with one attached hydrogen (secondary N) is 1. The molecule has 11 heteroatoms. The molecule has 4 rings (SSSR count). The van der Waals surface area contributed by atoms with Crippen LogP contribution in [0.3, 0.4) is 0 Å². The van der Waals surface area contributed by atoms with E-state index >= 15 is 0 Å². The van der Waals surface area contributed by atoms with Crippen LogP contribution in [0, 0.1) is 0 Å². The second-order valence-electron chi connectivity index (χ2n) is 7.81. The summed E-state index contributed by atoms with van der Waals surface area (Å²) < 4.78 is 60.9. The SMILES string of the molecule is COc1ccccc1NC(=O)C1CN(S(=O)(=O)c2ccccc2)CCN1S(=O)(=O)c1ccccc1. The van der Waals surface area contributed by atoms with Gasteiger partial charge in [0.05, 0.1) is 22.6 Å². The molecule has 9 nitrogen and oxygen atoms in total. The molecule has 1 saturated heterocycles. The third-order valence-corrected chi connectivity index (χ3v) is 9.49. The van der Waals surface area contributed by atoms with E-state index in [1.807, 2.05) is 0 Å². The Kier molecular flexibility index (Phi) is 7.22. The minimum atomic E-state index is -4.08. The summed E-state index contributed by atoms with van der Waals surface area (Å²) in [5.41, 5.74) is 0.347. The minimum Gasteiger partial charge on any atom is -0.495 e. The van der Waals surface area contributed by atoms with Gasteiger partial charge < -0.3 is 10.1 Å². The van der Waals surface area contributed by atoms with E-state index in [1.54, 1.807) is 60.7 Å². The van der Waals surface area contributed by atoms with Crippen LogP contribution < -0.4 is 10.1 Å². The van der Waals surface area contributed by atoms with Crippen molar-refractivity contribution in [2.45, 2.75) is 15.8 Å². The molecule has 1 aliphatic heterocycles. The Morgan fingerprint density at radius 2 is 1.34 bits per heavy atom. The Labute approximate surface area is 205 Å². The topological polar surface area (TPSA) is 113 Å². The molecular weight excluding hydrogens is 490 g/mol. The molecule has 1 N–H and O–H groups in total. The molecular formula is C24H25N3O6S2. The summed E-state index contributed by atoms with van der Waals surface area (Å²) in [5, 5.41) is 2.70. The fraction of sp³-hybridized carbons (Fsp3) is 0.208. The van der Waals surface area contributed by atoms with Gasteiger partial charge in [0.1, 0.15) is 11.8 Å². The van der Waals surface area contributed by atoms with Gasteiger partial charge >= 0.3 is 0 Å². The molecule has 1 heterocycles. The molecule has 35 heavy (non-hydrogen) atoms.